The van der Waals surface area contributed by atoms with Crippen molar-refractivity contribution in [2.45, 2.75) is 52.6 Å². The summed E-state index contributed by atoms with van der Waals surface area (Å²) in [5, 5.41) is 3.27. The molecule has 1 heterocycles. The smallest absolute Gasteiger partial charge is 0.255 e. The zero-order chi connectivity index (χ0) is 12.5. The Labute approximate surface area is 104 Å². The van der Waals surface area contributed by atoms with Gasteiger partial charge in [0.2, 0.25) is 0 Å². The lowest BCUT2D eigenvalue weighted by atomic mass is 10.2. The van der Waals surface area contributed by atoms with Crippen LogP contribution in [0.3, 0.4) is 0 Å². The minimum absolute atomic E-state index is 0.159. The van der Waals surface area contributed by atoms with Gasteiger partial charge in [-0.1, -0.05) is 32.8 Å². The van der Waals surface area contributed by atoms with Gasteiger partial charge in [-0.25, -0.2) is 0 Å². The Morgan fingerprint density at radius 3 is 2.76 bits per heavy atom. The topological polar surface area (TPSA) is 34.0 Å². The summed E-state index contributed by atoms with van der Waals surface area (Å²) in [6.45, 7) is 6.79. The molecule has 1 aromatic rings. The molecule has 0 aliphatic carbocycles. The van der Waals surface area contributed by atoms with Crippen LogP contribution in [0.15, 0.2) is 23.1 Å². The lowest BCUT2D eigenvalue weighted by Crippen LogP contribution is -2.27. The minimum atomic E-state index is 0.159. The highest BCUT2D eigenvalue weighted by molar-refractivity contribution is 5.10. The summed E-state index contributed by atoms with van der Waals surface area (Å²) >= 11 is 0. The van der Waals surface area contributed by atoms with Crippen molar-refractivity contribution in [1.29, 1.82) is 0 Å². The van der Waals surface area contributed by atoms with Gasteiger partial charge in [0.25, 0.3) is 5.56 Å². The Morgan fingerprint density at radius 1 is 1.24 bits per heavy atom. The van der Waals surface area contributed by atoms with E-state index in [-0.39, 0.29) is 5.56 Å². The molecule has 0 aliphatic heterocycles. The highest BCUT2D eigenvalue weighted by atomic mass is 16.1. The minimum Gasteiger partial charge on any atom is -0.315 e. The molecule has 1 N–H and O–H groups in total. The first kappa shape index (κ1) is 14.0. The summed E-state index contributed by atoms with van der Waals surface area (Å²) < 4.78 is 1.83. The molecular weight excluding hydrogens is 212 g/mol. The molecule has 0 saturated carbocycles. The monoisotopic (exact) mass is 236 g/mol. The van der Waals surface area contributed by atoms with Crippen LogP contribution in [0.2, 0.25) is 0 Å². The number of hydrogen-bond donors (Lipinski definition) is 1. The van der Waals surface area contributed by atoms with Crippen LogP contribution >= 0.6 is 0 Å². The number of aryl methyl sites for hydroxylation is 1. The van der Waals surface area contributed by atoms with Crippen molar-refractivity contribution < 1.29 is 0 Å². The summed E-state index contributed by atoms with van der Waals surface area (Å²) in [4.78, 5) is 12.1. The normalized spacial score (nSPS) is 10.7. The summed E-state index contributed by atoms with van der Waals surface area (Å²) in [7, 11) is 0. The summed E-state index contributed by atoms with van der Waals surface area (Å²) in [5.41, 5.74) is 1.03. The third-order valence-electron chi connectivity index (χ3n) is 2.84. The van der Waals surface area contributed by atoms with Crippen molar-refractivity contribution in [3.05, 3.63) is 34.2 Å². The Balaban J connectivity index is 2.60. The van der Waals surface area contributed by atoms with Crippen LogP contribution in [-0.2, 0) is 13.1 Å². The number of nitrogens with zero attached hydrogens (tertiary/aromatic N) is 1. The highest BCUT2D eigenvalue weighted by Gasteiger charge is 2.02. The van der Waals surface area contributed by atoms with Crippen LogP contribution in [0.5, 0.6) is 0 Å². The fraction of sp³-hybridized carbons (Fsp3) is 0.643. The molecule has 3 heteroatoms. The zero-order valence-corrected chi connectivity index (χ0v) is 11.0. The second-order valence-corrected chi connectivity index (χ2v) is 4.42. The molecule has 0 unspecified atom stereocenters. The second-order valence-electron chi connectivity index (χ2n) is 4.42. The molecule has 96 valence electrons. The van der Waals surface area contributed by atoms with E-state index < -0.39 is 0 Å². The van der Waals surface area contributed by atoms with Gasteiger partial charge in [0.15, 0.2) is 0 Å². The lowest BCUT2D eigenvalue weighted by Gasteiger charge is -2.08. The summed E-state index contributed by atoms with van der Waals surface area (Å²) in [6, 6.07) is 3.89. The van der Waals surface area contributed by atoms with Gasteiger partial charge in [0.1, 0.15) is 0 Å². The largest absolute Gasteiger partial charge is 0.315 e. The van der Waals surface area contributed by atoms with E-state index in [0.29, 0.717) is 6.54 Å². The first-order valence-electron chi connectivity index (χ1n) is 6.68. The van der Waals surface area contributed by atoms with Gasteiger partial charge < -0.3 is 9.88 Å². The van der Waals surface area contributed by atoms with Gasteiger partial charge >= 0.3 is 0 Å². The molecule has 17 heavy (non-hydrogen) atoms. The Kier molecular flexibility index (Phi) is 6.63. The molecule has 1 rings (SSSR count). The van der Waals surface area contributed by atoms with Crippen LogP contribution in [-0.4, -0.2) is 11.1 Å². The Hall–Kier alpha value is -1.09. The van der Waals surface area contributed by atoms with E-state index in [1.807, 2.05) is 22.9 Å². The molecule has 0 radical (unpaired) electrons. The summed E-state index contributed by atoms with van der Waals surface area (Å²) in [5.74, 6) is 0. The van der Waals surface area contributed by atoms with Gasteiger partial charge in [-0.15, -0.1) is 0 Å². The third kappa shape index (κ3) is 4.73. The maximum atomic E-state index is 12.1. The zero-order valence-electron chi connectivity index (χ0n) is 11.0. The fourth-order valence-corrected chi connectivity index (χ4v) is 1.83. The number of pyridine rings is 1. The van der Waals surface area contributed by atoms with Crippen LogP contribution in [0, 0.1) is 0 Å². The number of rotatable bonds is 8. The van der Waals surface area contributed by atoms with Crippen molar-refractivity contribution in [2.75, 3.05) is 6.54 Å². The fourth-order valence-electron chi connectivity index (χ4n) is 1.83. The number of aromatic nitrogens is 1. The van der Waals surface area contributed by atoms with Crippen LogP contribution in [0.25, 0.3) is 0 Å². The number of unbranched alkanes of at least 4 members (excludes halogenated alkanes) is 2. The molecule has 3 nitrogen and oxygen atoms in total. The van der Waals surface area contributed by atoms with E-state index in [1.54, 1.807) is 0 Å². The van der Waals surface area contributed by atoms with Crippen LogP contribution < -0.4 is 10.9 Å². The molecule has 1 aromatic heterocycles. The highest BCUT2D eigenvalue weighted by Crippen LogP contribution is 1.98. The van der Waals surface area contributed by atoms with Crippen molar-refractivity contribution >= 4 is 0 Å². The first-order chi connectivity index (χ1) is 8.29. The summed E-state index contributed by atoms with van der Waals surface area (Å²) in [6.07, 6.45) is 6.44. The number of hydrogen-bond acceptors (Lipinski definition) is 2. The van der Waals surface area contributed by atoms with Crippen LogP contribution in [0.1, 0.15) is 45.1 Å². The quantitative estimate of drug-likeness (QED) is 0.704. The Bertz CT molecular complexity index is 339. The van der Waals surface area contributed by atoms with Gasteiger partial charge in [-0.3, -0.25) is 4.79 Å². The molecular formula is C14H24N2O. The molecule has 0 spiro atoms. The predicted molar refractivity (Wildman–Crippen MR) is 72.2 cm³/mol. The van der Waals surface area contributed by atoms with E-state index in [2.05, 4.69) is 19.2 Å². The molecule has 0 bridgehead atoms. The third-order valence-corrected chi connectivity index (χ3v) is 2.84. The molecule has 0 fully saturated rings. The predicted octanol–water partition coefficient (Wildman–Crippen LogP) is 2.54. The molecule has 0 amide bonds. The average molecular weight is 236 g/mol. The molecule has 0 saturated heterocycles. The van der Waals surface area contributed by atoms with Gasteiger partial charge in [0, 0.05) is 24.8 Å². The van der Waals surface area contributed by atoms with Crippen molar-refractivity contribution in [1.82, 2.24) is 9.88 Å². The van der Waals surface area contributed by atoms with E-state index in [1.165, 1.54) is 12.8 Å². The lowest BCUT2D eigenvalue weighted by molar-refractivity contribution is 0.578. The van der Waals surface area contributed by atoms with E-state index in [9.17, 15) is 4.79 Å². The van der Waals surface area contributed by atoms with Crippen molar-refractivity contribution in [3.8, 4) is 0 Å². The van der Waals surface area contributed by atoms with E-state index in [0.717, 1.165) is 31.5 Å². The van der Waals surface area contributed by atoms with Crippen molar-refractivity contribution in [3.63, 3.8) is 0 Å². The second kappa shape index (κ2) is 8.07. The van der Waals surface area contributed by atoms with E-state index >= 15 is 0 Å². The van der Waals surface area contributed by atoms with Gasteiger partial charge in [-0.05, 0) is 25.5 Å². The molecule has 0 aliphatic rings. The van der Waals surface area contributed by atoms with Crippen molar-refractivity contribution in [2.24, 2.45) is 0 Å². The average Bonchev–Trinajstić information content (AvgIpc) is 2.34. The molecule has 0 atom stereocenters. The Morgan fingerprint density at radius 2 is 2.06 bits per heavy atom. The SMILES string of the molecule is CCCCCn1cccc(CNCCC)c1=O. The van der Waals surface area contributed by atoms with Gasteiger partial charge in [-0.2, -0.15) is 0 Å². The first-order valence-corrected chi connectivity index (χ1v) is 6.68. The molecule has 0 aromatic carbocycles. The van der Waals surface area contributed by atoms with Gasteiger partial charge in [0.05, 0.1) is 0 Å². The maximum absolute atomic E-state index is 12.1. The number of nitrogens with one attached hydrogen (secondary N) is 1. The maximum Gasteiger partial charge on any atom is 0.255 e. The van der Waals surface area contributed by atoms with Crippen LogP contribution in [0.4, 0.5) is 0 Å². The standard InChI is InChI=1S/C14H24N2O/c1-3-5-6-10-16-11-7-8-13(14(16)17)12-15-9-4-2/h7-8,11,15H,3-6,9-10,12H2,1-2H3. The van der Waals surface area contributed by atoms with E-state index in [4.69, 9.17) is 0 Å².